The monoisotopic (exact) mass is 303 g/mol. The zero-order chi connectivity index (χ0) is 15.7. The molecule has 1 aliphatic heterocycles. The summed E-state index contributed by atoms with van der Waals surface area (Å²) in [7, 11) is 1.69. The molecule has 2 aromatic heterocycles. The van der Waals surface area contributed by atoms with E-state index in [4.69, 9.17) is 4.52 Å². The molecule has 0 N–H and O–H groups in total. The van der Waals surface area contributed by atoms with Crippen molar-refractivity contribution in [1.29, 1.82) is 0 Å². The third-order valence-corrected chi connectivity index (χ3v) is 3.77. The minimum absolute atomic E-state index is 0.0700. The predicted octanol–water partition coefficient (Wildman–Crippen LogP) is 0.920. The van der Waals surface area contributed by atoms with Crippen molar-refractivity contribution in [2.75, 3.05) is 6.54 Å². The Hall–Kier alpha value is -2.02. The Labute approximate surface area is 128 Å². The maximum Gasteiger partial charge on any atom is 0.266 e. The molecule has 2 aromatic rings. The Morgan fingerprint density at radius 3 is 3.00 bits per heavy atom. The maximum absolute atomic E-state index is 11.7. The molecule has 3 rings (SSSR count). The first-order chi connectivity index (χ1) is 10.5. The molecule has 7 nitrogen and oxygen atoms in total. The number of hydrogen-bond acceptors (Lipinski definition) is 6. The Kier molecular flexibility index (Phi) is 4.06. The molecule has 22 heavy (non-hydrogen) atoms. The lowest BCUT2D eigenvalue weighted by Gasteiger charge is -2.26. The van der Waals surface area contributed by atoms with Gasteiger partial charge < -0.3 is 4.52 Å². The van der Waals surface area contributed by atoms with Crippen molar-refractivity contribution in [2.45, 2.75) is 39.8 Å². The Balaban J connectivity index is 1.68. The zero-order valence-corrected chi connectivity index (χ0v) is 13.2. The van der Waals surface area contributed by atoms with Crippen molar-refractivity contribution in [3.63, 3.8) is 0 Å². The van der Waals surface area contributed by atoms with Crippen LogP contribution in [-0.4, -0.2) is 31.4 Å². The lowest BCUT2D eigenvalue weighted by molar-refractivity contribution is 0.231. The summed E-state index contributed by atoms with van der Waals surface area (Å²) < 4.78 is 6.66. The predicted molar refractivity (Wildman–Crippen MR) is 80.1 cm³/mol. The van der Waals surface area contributed by atoms with Crippen LogP contribution >= 0.6 is 0 Å². The molecule has 0 atom stereocenters. The molecule has 3 heterocycles. The number of rotatable bonds is 4. The van der Waals surface area contributed by atoms with Crippen molar-refractivity contribution in [3.05, 3.63) is 39.4 Å². The van der Waals surface area contributed by atoms with E-state index in [0.29, 0.717) is 30.7 Å². The van der Waals surface area contributed by atoms with E-state index >= 15 is 0 Å². The van der Waals surface area contributed by atoms with Gasteiger partial charge in [-0.05, 0) is 11.5 Å². The lowest BCUT2D eigenvalue weighted by Crippen LogP contribution is -2.34. The number of hydrogen-bond donors (Lipinski definition) is 0. The fraction of sp³-hybridized carbons (Fsp3) is 0.600. The van der Waals surface area contributed by atoms with Gasteiger partial charge in [0.05, 0.1) is 12.2 Å². The Morgan fingerprint density at radius 1 is 1.41 bits per heavy atom. The van der Waals surface area contributed by atoms with E-state index in [-0.39, 0.29) is 5.56 Å². The highest BCUT2D eigenvalue weighted by Gasteiger charge is 2.20. The summed E-state index contributed by atoms with van der Waals surface area (Å²) in [5.74, 6) is 1.89. The van der Waals surface area contributed by atoms with Gasteiger partial charge in [-0.1, -0.05) is 19.0 Å². The van der Waals surface area contributed by atoms with Gasteiger partial charge in [-0.3, -0.25) is 9.69 Å². The third kappa shape index (κ3) is 3.24. The van der Waals surface area contributed by atoms with E-state index in [1.165, 1.54) is 4.68 Å². The smallest absolute Gasteiger partial charge is 0.266 e. The normalized spacial score (nSPS) is 15.3. The molecule has 0 unspecified atom stereocenters. The highest BCUT2D eigenvalue weighted by molar-refractivity contribution is 5.20. The molecule has 0 aliphatic carbocycles. The SMILES string of the molecule is CC(C)Cc1nc(CN2CCc3nn(C)c(=O)cc3C2)no1. The van der Waals surface area contributed by atoms with E-state index in [1.807, 2.05) is 0 Å². The summed E-state index contributed by atoms with van der Waals surface area (Å²) in [6.45, 7) is 6.47. The molecule has 0 spiro atoms. The summed E-state index contributed by atoms with van der Waals surface area (Å²) in [6, 6.07) is 1.68. The first kappa shape index (κ1) is 14.9. The summed E-state index contributed by atoms with van der Waals surface area (Å²) in [5, 5.41) is 8.36. The molecule has 1 aliphatic rings. The van der Waals surface area contributed by atoms with Crippen molar-refractivity contribution in [2.24, 2.45) is 13.0 Å². The minimum Gasteiger partial charge on any atom is -0.339 e. The van der Waals surface area contributed by atoms with E-state index < -0.39 is 0 Å². The molecule has 118 valence electrons. The number of aromatic nitrogens is 4. The van der Waals surface area contributed by atoms with Gasteiger partial charge in [-0.15, -0.1) is 0 Å². The topological polar surface area (TPSA) is 77.1 Å². The molecule has 0 saturated carbocycles. The van der Waals surface area contributed by atoms with Gasteiger partial charge >= 0.3 is 0 Å². The van der Waals surface area contributed by atoms with Gasteiger partial charge in [0.25, 0.3) is 5.56 Å². The molecule has 0 saturated heterocycles. The average Bonchev–Trinajstić information content (AvgIpc) is 2.87. The first-order valence-electron chi connectivity index (χ1n) is 7.61. The molecule has 0 amide bonds. The second-order valence-electron chi connectivity index (χ2n) is 6.24. The van der Waals surface area contributed by atoms with Crippen LogP contribution in [0.1, 0.15) is 36.8 Å². The molecule has 0 bridgehead atoms. The first-order valence-corrected chi connectivity index (χ1v) is 7.61. The van der Waals surface area contributed by atoms with E-state index in [0.717, 1.165) is 30.6 Å². The quantitative estimate of drug-likeness (QED) is 0.836. The summed E-state index contributed by atoms with van der Waals surface area (Å²) in [6.07, 6.45) is 1.63. The second-order valence-corrected chi connectivity index (χ2v) is 6.24. The zero-order valence-electron chi connectivity index (χ0n) is 13.2. The van der Waals surface area contributed by atoms with Crippen LogP contribution in [0.2, 0.25) is 0 Å². The van der Waals surface area contributed by atoms with Gasteiger partial charge in [-0.25, -0.2) is 4.68 Å². The van der Waals surface area contributed by atoms with Gasteiger partial charge in [0.2, 0.25) is 5.89 Å². The van der Waals surface area contributed by atoms with Crippen LogP contribution < -0.4 is 5.56 Å². The highest BCUT2D eigenvalue weighted by Crippen LogP contribution is 2.17. The molecular formula is C15H21N5O2. The largest absolute Gasteiger partial charge is 0.339 e. The fourth-order valence-electron chi connectivity index (χ4n) is 2.67. The lowest BCUT2D eigenvalue weighted by atomic mass is 10.1. The summed E-state index contributed by atoms with van der Waals surface area (Å²) in [4.78, 5) is 18.4. The van der Waals surface area contributed by atoms with Crippen molar-refractivity contribution < 1.29 is 4.52 Å². The van der Waals surface area contributed by atoms with Crippen molar-refractivity contribution in [1.82, 2.24) is 24.8 Å². The van der Waals surface area contributed by atoms with Crippen molar-refractivity contribution >= 4 is 0 Å². The van der Waals surface area contributed by atoms with Crippen LogP contribution in [0.15, 0.2) is 15.4 Å². The highest BCUT2D eigenvalue weighted by atomic mass is 16.5. The van der Waals surface area contributed by atoms with E-state index in [9.17, 15) is 4.79 Å². The van der Waals surface area contributed by atoms with Crippen LogP contribution in [0, 0.1) is 5.92 Å². The molecular weight excluding hydrogens is 282 g/mol. The molecule has 0 fully saturated rings. The standard InChI is InChI=1S/C15H21N5O2/c1-10(2)6-14-16-13(18-22-14)9-20-5-4-12-11(8-20)7-15(21)19(3)17-12/h7,10H,4-6,8-9H2,1-3H3. The Morgan fingerprint density at radius 2 is 2.23 bits per heavy atom. The molecule has 0 aromatic carbocycles. The van der Waals surface area contributed by atoms with Crippen LogP contribution in [-0.2, 0) is 33.0 Å². The third-order valence-electron chi connectivity index (χ3n) is 3.77. The van der Waals surface area contributed by atoms with Crippen molar-refractivity contribution in [3.8, 4) is 0 Å². The fourth-order valence-corrected chi connectivity index (χ4v) is 2.67. The Bertz CT molecular complexity index is 719. The number of nitrogens with zero attached hydrogens (tertiary/aromatic N) is 5. The summed E-state index contributed by atoms with van der Waals surface area (Å²) >= 11 is 0. The van der Waals surface area contributed by atoms with Crippen LogP contribution in [0.5, 0.6) is 0 Å². The maximum atomic E-state index is 11.7. The van der Waals surface area contributed by atoms with E-state index in [2.05, 4.69) is 34.0 Å². The van der Waals surface area contributed by atoms with E-state index in [1.54, 1.807) is 13.1 Å². The van der Waals surface area contributed by atoms with Gasteiger partial charge in [-0.2, -0.15) is 10.1 Å². The second kappa shape index (κ2) is 6.00. The average molecular weight is 303 g/mol. The number of fused-ring (bicyclic) bond motifs is 1. The molecule has 7 heteroatoms. The minimum atomic E-state index is -0.0700. The van der Waals surface area contributed by atoms with Crippen LogP contribution in [0.4, 0.5) is 0 Å². The van der Waals surface area contributed by atoms with Crippen LogP contribution in [0.3, 0.4) is 0 Å². The van der Waals surface area contributed by atoms with Gasteiger partial charge in [0.15, 0.2) is 5.82 Å². The van der Waals surface area contributed by atoms with Gasteiger partial charge in [0.1, 0.15) is 0 Å². The van der Waals surface area contributed by atoms with Crippen LogP contribution in [0.25, 0.3) is 0 Å². The molecule has 0 radical (unpaired) electrons. The number of aryl methyl sites for hydroxylation is 1. The van der Waals surface area contributed by atoms with Gasteiger partial charge in [0, 0.05) is 39.0 Å². The summed E-state index contributed by atoms with van der Waals surface area (Å²) in [5.41, 5.74) is 1.94.